The topological polar surface area (TPSA) is 101 Å². The molecule has 116 valence electrons. The number of benzene rings is 1. The average molecular weight is 326 g/mol. The van der Waals surface area contributed by atoms with Crippen molar-refractivity contribution in [3.8, 4) is 0 Å². The van der Waals surface area contributed by atoms with Gasteiger partial charge in [-0.1, -0.05) is 17.8 Å². The van der Waals surface area contributed by atoms with Crippen LogP contribution in [0.1, 0.15) is 12.5 Å². The van der Waals surface area contributed by atoms with E-state index in [9.17, 15) is 4.79 Å². The number of rotatable bonds is 2. The van der Waals surface area contributed by atoms with Crippen molar-refractivity contribution >= 4 is 40.3 Å². The fourth-order valence-corrected chi connectivity index (χ4v) is 3.55. The Hall–Kier alpha value is -2.61. The number of carbonyl (C=O) groups excluding carboxylic acids is 1. The largest absolute Gasteiger partial charge is 0.382 e. The molecule has 0 aliphatic carbocycles. The fourth-order valence-electron chi connectivity index (χ4n) is 2.73. The number of imidazole rings is 1. The van der Waals surface area contributed by atoms with Gasteiger partial charge in [0, 0.05) is 24.1 Å². The minimum atomic E-state index is 0.0673. The van der Waals surface area contributed by atoms with Gasteiger partial charge in [0.05, 0.1) is 0 Å². The Kier molecular flexibility index (Phi) is 3.19. The first-order valence-electron chi connectivity index (χ1n) is 7.17. The lowest BCUT2D eigenvalue weighted by Crippen LogP contribution is -2.25. The molecule has 23 heavy (non-hydrogen) atoms. The first-order chi connectivity index (χ1) is 11.1. The van der Waals surface area contributed by atoms with E-state index in [0.717, 1.165) is 23.5 Å². The van der Waals surface area contributed by atoms with Crippen LogP contribution in [-0.2, 0) is 11.2 Å². The van der Waals surface area contributed by atoms with Crippen LogP contribution in [0.5, 0.6) is 0 Å². The first kappa shape index (κ1) is 14.0. The molecule has 8 heteroatoms. The molecule has 4 rings (SSSR count). The van der Waals surface area contributed by atoms with E-state index in [1.165, 1.54) is 23.7 Å². The predicted octanol–water partition coefficient (Wildman–Crippen LogP) is 2.00. The number of amides is 1. The van der Waals surface area contributed by atoms with Gasteiger partial charge in [-0.15, -0.1) is 0 Å². The van der Waals surface area contributed by atoms with E-state index in [1.807, 2.05) is 17.0 Å². The van der Waals surface area contributed by atoms with Gasteiger partial charge in [-0.2, -0.15) is 0 Å². The monoisotopic (exact) mass is 326 g/mol. The van der Waals surface area contributed by atoms with Gasteiger partial charge in [0.25, 0.3) is 0 Å². The van der Waals surface area contributed by atoms with Crippen molar-refractivity contribution in [3.05, 3.63) is 30.1 Å². The van der Waals surface area contributed by atoms with E-state index in [2.05, 4.69) is 26.0 Å². The molecule has 1 amide bonds. The Bertz CT molecular complexity index is 921. The molecule has 0 radical (unpaired) electrons. The number of anilines is 2. The predicted molar refractivity (Wildman–Crippen MR) is 88.4 cm³/mol. The van der Waals surface area contributed by atoms with Crippen molar-refractivity contribution in [2.45, 2.75) is 23.4 Å². The summed E-state index contributed by atoms with van der Waals surface area (Å²) in [5.41, 5.74) is 9.18. The van der Waals surface area contributed by atoms with Crippen LogP contribution in [0.3, 0.4) is 0 Å². The van der Waals surface area contributed by atoms with Crippen molar-refractivity contribution < 1.29 is 4.79 Å². The van der Waals surface area contributed by atoms with Gasteiger partial charge in [0.2, 0.25) is 5.91 Å². The zero-order valence-corrected chi connectivity index (χ0v) is 13.2. The summed E-state index contributed by atoms with van der Waals surface area (Å²) in [5, 5.41) is 0.694. The molecule has 0 unspecified atom stereocenters. The quantitative estimate of drug-likeness (QED) is 0.747. The number of carbonyl (C=O) groups is 1. The summed E-state index contributed by atoms with van der Waals surface area (Å²) in [6, 6.07) is 6.13. The van der Waals surface area contributed by atoms with Crippen LogP contribution < -0.4 is 10.6 Å². The fraction of sp³-hybridized carbons (Fsp3) is 0.200. The lowest BCUT2D eigenvalue weighted by atomic mass is 10.2. The van der Waals surface area contributed by atoms with Crippen LogP contribution in [0.2, 0.25) is 0 Å². The molecule has 3 heterocycles. The summed E-state index contributed by atoms with van der Waals surface area (Å²) in [7, 11) is 0. The Morgan fingerprint density at radius 1 is 1.39 bits per heavy atom. The minimum Gasteiger partial charge on any atom is -0.382 e. The van der Waals surface area contributed by atoms with E-state index in [1.54, 1.807) is 6.92 Å². The Balaban J connectivity index is 1.67. The van der Waals surface area contributed by atoms with Crippen LogP contribution in [-0.4, -0.2) is 32.4 Å². The molecule has 0 saturated heterocycles. The number of hydrogen-bond acceptors (Lipinski definition) is 6. The molecule has 0 fully saturated rings. The second kappa shape index (κ2) is 5.24. The summed E-state index contributed by atoms with van der Waals surface area (Å²) in [5.74, 6) is 0.448. The highest BCUT2D eigenvalue weighted by atomic mass is 32.2. The number of aromatic amines is 1. The zero-order valence-electron chi connectivity index (χ0n) is 12.4. The zero-order chi connectivity index (χ0) is 16.0. The van der Waals surface area contributed by atoms with E-state index in [-0.39, 0.29) is 5.91 Å². The third-order valence-electron chi connectivity index (χ3n) is 3.84. The van der Waals surface area contributed by atoms with E-state index in [0.29, 0.717) is 22.1 Å². The molecule has 1 aromatic carbocycles. The van der Waals surface area contributed by atoms with Gasteiger partial charge in [-0.3, -0.25) is 4.79 Å². The Morgan fingerprint density at radius 2 is 2.26 bits per heavy atom. The summed E-state index contributed by atoms with van der Waals surface area (Å²) >= 11 is 1.47. The molecule has 3 N–H and O–H groups in total. The molecule has 0 bridgehead atoms. The number of aromatic nitrogens is 4. The number of H-pyrrole nitrogens is 1. The molecule has 1 aliphatic rings. The molecule has 3 aromatic rings. The van der Waals surface area contributed by atoms with Gasteiger partial charge < -0.3 is 15.6 Å². The summed E-state index contributed by atoms with van der Waals surface area (Å²) in [4.78, 5) is 30.1. The smallest absolute Gasteiger partial charge is 0.223 e. The summed E-state index contributed by atoms with van der Waals surface area (Å²) in [6.07, 6.45) is 2.30. The van der Waals surface area contributed by atoms with Crippen molar-refractivity contribution in [2.75, 3.05) is 17.2 Å². The maximum atomic E-state index is 11.7. The van der Waals surface area contributed by atoms with E-state index >= 15 is 0 Å². The number of nitrogens with one attached hydrogen (secondary N) is 1. The van der Waals surface area contributed by atoms with Gasteiger partial charge in [-0.25, -0.2) is 15.0 Å². The third kappa shape index (κ3) is 2.40. The highest BCUT2D eigenvalue weighted by Gasteiger charge is 2.22. The van der Waals surface area contributed by atoms with Gasteiger partial charge in [-0.05, 0) is 24.1 Å². The number of nitrogens with zero attached hydrogens (tertiary/aromatic N) is 4. The summed E-state index contributed by atoms with van der Waals surface area (Å²) < 4.78 is 0. The molecule has 2 aromatic heterocycles. The molecule has 0 spiro atoms. The van der Waals surface area contributed by atoms with Crippen LogP contribution >= 0.6 is 11.8 Å². The van der Waals surface area contributed by atoms with Crippen molar-refractivity contribution in [2.24, 2.45) is 0 Å². The summed E-state index contributed by atoms with van der Waals surface area (Å²) in [6.45, 7) is 2.34. The number of nitrogens with two attached hydrogens (primary N) is 1. The molecule has 0 atom stereocenters. The first-order valence-corrected chi connectivity index (χ1v) is 7.98. The Morgan fingerprint density at radius 3 is 3.04 bits per heavy atom. The van der Waals surface area contributed by atoms with Crippen LogP contribution in [0.15, 0.2) is 34.6 Å². The van der Waals surface area contributed by atoms with Gasteiger partial charge in [0.15, 0.2) is 16.6 Å². The lowest BCUT2D eigenvalue weighted by molar-refractivity contribution is -0.116. The van der Waals surface area contributed by atoms with Crippen molar-refractivity contribution in [1.29, 1.82) is 0 Å². The van der Waals surface area contributed by atoms with E-state index < -0.39 is 0 Å². The van der Waals surface area contributed by atoms with Crippen molar-refractivity contribution in [3.63, 3.8) is 0 Å². The SMILES string of the molecule is CC(=O)N1CCc2ccc(Sc3nc4ncnc(N)c4[nH]3)cc21. The minimum absolute atomic E-state index is 0.0673. The van der Waals surface area contributed by atoms with Gasteiger partial charge in [0.1, 0.15) is 11.8 Å². The number of nitrogen functional groups attached to an aromatic ring is 1. The van der Waals surface area contributed by atoms with Crippen LogP contribution in [0.4, 0.5) is 11.5 Å². The standard InChI is InChI=1S/C15H14N6OS/c1-8(22)21-5-4-9-2-3-10(6-11(9)21)23-15-19-12-13(16)17-7-18-14(12)20-15/h2-3,6-7H,4-5H2,1H3,(H3,16,17,18,19,20). The van der Waals surface area contributed by atoms with E-state index in [4.69, 9.17) is 5.73 Å². The third-order valence-corrected chi connectivity index (χ3v) is 4.72. The second-order valence-corrected chi connectivity index (χ2v) is 6.37. The van der Waals surface area contributed by atoms with Crippen LogP contribution in [0, 0.1) is 0 Å². The molecule has 7 nitrogen and oxygen atoms in total. The maximum Gasteiger partial charge on any atom is 0.223 e. The second-order valence-electron chi connectivity index (χ2n) is 5.31. The Labute approximate surface area is 136 Å². The van der Waals surface area contributed by atoms with Gasteiger partial charge >= 0.3 is 0 Å². The normalized spacial score (nSPS) is 13.5. The van der Waals surface area contributed by atoms with Crippen molar-refractivity contribution in [1.82, 2.24) is 19.9 Å². The number of hydrogen-bond donors (Lipinski definition) is 2. The lowest BCUT2D eigenvalue weighted by Gasteiger charge is -2.15. The molecular weight excluding hydrogens is 312 g/mol. The highest BCUT2D eigenvalue weighted by molar-refractivity contribution is 7.99. The maximum absolute atomic E-state index is 11.7. The van der Waals surface area contributed by atoms with Crippen LogP contribution in [0.25, 0.3) is 11.2 Å². The molecule has 1 aliphatic heterocycles. The molecular formula is C15H14N6OS. The number of fused-ring (bicyclic) bond motifs is 2. The average Bonchev–Trinajstić information content (AvgIpc) is 3.11. The molecule has 0 saturated carbocycles. The highest BCUT2D eigenvalue weighted by Crippen LogP contribution is 2.35.